The largest absolute Gasteiger partial charge is 0.324 e. The summed E-state index contributed by atoms with van der Waals surface area (Å²) in [6.07, 6.45) is 15.6. The molecule has 0 aliphatic rings. The lowest BCUT2D eigenvalue weighted by atomic mass is 9.80. The van der Waals surface area contributed by atoms with Gasteiger partial charge in [-0.05, 0) is 53.0 Å². The molecule has 0 saturated heterocycles. The van der Waals surface area contributed by atoms with Crippen LogP contribution in [0.4, 0.5) is 11.6 Å². The standard InChI is InChI=1S/C33H55N4S2/c1-9-11-13-15-17-19-21-38-30-35-29(36-31(37-30)39-22-20-18-16-14-12-10-2)34-28-24-26(32(3,4)5)23-27(25-28)33(6,7)8/h24-25H,9-22H2,1-8H3,(H,34,35,36,37). The fourth-order valence-corrected chi connectivity index (χ4v) is 5.92. The van der Waals surface area contributed by atoms with Crippen molar-refractivity contribution >= 4 is 35.2 Å². The van der Waals surface area contributed by atoms with Crippen molar-refractivity contribution in [3.05, 3.63) is 29.3 Å². The molecule has 6 heteroatoms. The third-order valence-corrected chi connectivity index (χ3v) is 8.66. The normalized spacial score (nSPS) is 12.2. The summed E-state index contributed by atoms with van der Waals surface area (Å²) in [6.45, 7) is 18.0. The molecule has 39 heavy (non-hydrogen) atoms. The second-order valence-electron chi connectivity index (χ2n) is 12.8. The lowest BCUT2D eigenvalue weighted by Gasteiger charge is -2.25. The molecule has 0 aliphatic heterocycles. The van der Waals surface area contributed by atoms with Gasteiger partial charge in [0, 0.05) is 17.2 Å². The van der Waals surface area contributed by atoms with Crippen molar-refractivity contribution in [1.29, 1.82) is 0 Å². The van der Waals surface area contributed by atoms with Crippen LogP contribution in [-0.2, 0) is 10.8 Å². The lowest BCUT2D eigenvalue weighted by Crippen LogP contribution is -2.17. The number of anilines is 2. The van der Waals surface area contributed by atoms with Gasteiger partial charge in [-0.2, -0.15) is 15.0 Å². The maximum Gasteiger partial charge on any atom is 0.232 e. The Kier molecular flexibility index (Phi) is 15.2. The monoisotopic (exact) mass is 571 g/mol. The molecule has 0 bridgehead atoms. The Morgan fingerprint density at radius 2 is 1.03 bits per heavy atom. The van der Waals surface area contributed by atoms with Crippen LogP contribution in [0.25, 0.3) is 0 Å². The van der Waals surface area contributed by atoms with E-state index in [1.165, 1.54) is 88.2 Å². The molecular formula is C33H55N4S2. The van der Waals surface area contributed by atoms with Gasteiger partial charge in [-0.3, -0.25) is 0 Å². The minimum absolute atomic E-state index is 0.00702. The Morgan fingerprint density at radius 1 is 0.615 bits per heavy atom. The van der Waals surface area contributed by atoms with Gasteiger partial charge in [0.05, 0.1) is 0 Å². The Morgan fingerprint density at radius 3 is 1.44 bits per heavy atom. The second-order valence-corrected chi connectivity index (χ2v) is 14.9. The van der Waals surface area contributed by atoms with Crippen LogP contribution in [0.1, 0.15) is 144 Å². The van der Waals surface area contributed by atoms with Crippen LogP contribution in [0.2, 0.25) is 0 Å². The maximum atomic E-state index is 4.84. The van der Waals surface area contributed by atoms with E-state index in [0.29, 0.717) is 5.95 Å². The first-order chi connectivity index (χ1) is 18.5. The smallest absolute Gasteiger partial charge is 0.232 e. The highest BCUT2D eigenvalue weighted by molar-refractivity contribution is 7.99. The van der Waals surface area contributed by atoms with E-state index in [1.807, 2.05) is 0 Å². The number of rotatable bonds is 18. The molecule has 0 aliphatic carbocycles. The van der Waals surface area contributed by atoms with Gasteiger partial charge in [-0.25, -0.2) is 0 Å². The van der Waals surface area contributed by atoms with Gasteiger partial charge in [0.25, 0.3) is 0 Å². The van der Waals surface area contributed by atoms with Crippen LogP contribution in [0.15, 0.2) is 22.4 Å². The predicted molar refractivity (Wildman–Crippen MR) is 174 cm³/mol. The number of benzene rings is 1. The van der Waals surface area contributed by atoms with E-state index in [9.17, 15) is 0 Å². The molecule has 1 aromatic carbocycles. The van der Waals surface area contributed by atoms with Gasteiger partial charge < -0.3 is 5.32 Å². The third kappa shape index (κ3) is 13.8. The summed E-state index contributed by atoms with van der Waals surface area (Å²) < 4.78 is 0. The number of thioether (sulfide) groups is 2. The molecule has 2 rings (SSSR count). The molecule has 0 unspecified atom stereocenters. The molecule has 0 saturated carbocycles. The lowest BCUT2D eigenvalue weighted by molar-refractivity contribution is 0.567. The van der Waals surface area contributed by atoms with E-state index in [-0.39, 0.29) is 10.8 Å². The number of unbranched alkanes of at least 4 members (excludes halogenated alkanes) is 10. The molecule has 0 amide bonds. The molecule has 1 radical (unpaired) electrons. The van der Waals surface area contributed by atoms with Gasteiger partial charge in [-0.1, -0.05) is 143 Å². The van der Waals surface area contributed by atoms with Gasteiger partial charge in [0.1, 0.15) is 0 Å². The zero-order valence-electron chi connectivity index (χ0n) is 26.2. The minimum atomic E-state index is 0.00702. The molecule has 1 N–H and O–H groups in total. The van der Waals surface area contributed by atoms with Crippen LogP contribution >= 0.6 is 23.5 Å². The summed E-state index contributed by atoms with van der Waals surface area (Å²) >= 11 is 3.54. The molecule has 0 fully saturated rings. The Balaban J connectivity index is 2.17. The second kappa shape index (κ2) is 17.5. The van der Waals surface area contributed by atoms with Crippen molar-refractivity contribution in [2.75, 3.05) is 16.8 Å². The first-order valence-corrected chi connectivity index (χ1v) is 17.4. The number of aromatic nitrogens is 3. The van der Waals surface area contributed by atoms with Crippen molar-refractivity contribution in [1.82, 2.24) is 15.0 Å². The van der Waals surface area contributed by atoms with E-state index in [0.717, 1.165) is 27.5 Å². The van der Waals surface area contributed by atoms with Gasteiger partial charge in [0.15, 0.2) is 10.3 Å². The highest BCUT2D eigenvalue weighted by Crippen LogP contribution is 2.33. The van der Waals surface area contributed by atoms with E-state index in [4.69, 9.17) is 15.0 Å². The third-order valence-electron chi connectivity index (χ3n) is 6.79. The Bertz CT molecular complexity index is 895. The Hall–Kier alpha value is -1.27. The molecule has 0 atom stereocenters. The average Bonchev–Trinajstić information content (AvgIpc) is 2.86. The van der Waals surface area contributed by atoms with Crippen molar-refractivity contribution in [2.45, 2.75) is 154 Å². The number of hydrogen-bond donors (Lipinski definition) is 1. The predicted octanol–water partition coefficient (Wildman–Crippen LogP) is 10.9. The van der Waals surface area contributed by atoms with Crippen molar-refractivity contribution in [3.8, 4) is 0 Å². The van der Waals surface area contributed by atoms with Crippen LogP contribution < -0.4 is 5.32 Å². The molecule has 1 aromatic heterocycles. The number of nitrogens with zero attached hydrogens (tertiary/aromatic N) is 3. The molecule has 1 heterocycles. The van der Waals surface area contributed by atoms with Crippen molar-refractivity contribution in [2.24, 2.45) is 0 Å². The number of hydrogen-bond acceptors (Lipinski definition) is 6. The SMILES string of the molecule is CCCCCCCCSc1nc(Nc2cc(C(C)(C)C)[c]c(C(C)(C)C)c2)nc(SCCCCCCCC)n1. The summed E-state index contributed by atoms with van der Waals surface area (Å²) in [6, 6.07) is 8.08. The van der Waals surface area contributed by atoms with E-state index < -0.39 is 0 Å². The van der Waals surface area contributed by atoms with Crippen LogP contribution in [0.5, 0.6) is 0 Å². The van der Waals surface area contributed by atoms with Gasteiger partial charge in [0.2, 0.25) is 5.95 Å². The van der Waals surface area contributed by atoms with Crippen LogP contribution in [-0.4, -0.2) is 26.5 Å². The quantitative estimate of drug-likeness (QED) is 0.142. The first-order valence-electron chi connectivity index (χ1n) is 15.4. The summed E-state index contributed by atoms with van der Waals surface area (Å²) in [5.41, 5.74) is 3.43. The molecule has 4 nitrogen and oxygen atoms in total. The van der Waals surface area contributed by atoms with E-state index in [1.54, 1.807) is 23.5 Å². The molecular weight excluding hydrogens is 517 g/mol. The zero-order chi connectivity index (χ0) is 28.7. The van der Waals surface area contributed by atoms with E-state index >= 15 is 0 Å². The van der Waals surface area contributed by atoms with Crippen LogP contribution in [0, 0.1) is 6.07 Å². The topological polar surface area (TPSA) is 50.7 Å². The molecule has 0 spiro atoms. The molecule has 219 valence electrons. The highest BCUT2D eigenvalue weighted by Gasteiger charge is 2.21. The molecule has 2 aromatic rings. The Labute approximate surface area is 249 Å². The summed E-state index contributed by atoms with van der Waals surface area (Å²) in [5.74, 6) is 2.76. The summed E-state index contributed by atoms with van der Waals surface area (Å²) in [4.78, 5) is 14.5. The maximum absolute atomic E-state index is 4.84. The minimum Gasteiger partial charge on any atom is -0.324 e. The van der Waals surface area contributed by atoms with E-state index in [2.05, 4.69) is 78.9 Å². The number of nitrogens with one attached hydrogen (secondary N) is 1. The fraction of sp³-hybridized carbons (Fsp3) is 0.727. The van der Waals surface area contributed by atoms with Crippen LogP contribution in [0.3, 0.4) is 0 Å². The van der Waals surface area contributed by atoms with Crippen molar-refractivity contribution < 1.29 is 0 Å². The summed E-state index contributed by atoms with van der Waals surface area (Å²) in [5, 5.41) is 5.22. The highest BCUT2D eigenvalue weighted by atomic mass is 32.2. The summed E-state index contributed by atoms with van der Waals surface area (Å²) in [7, 11) is 0. The fourth-order valence-electron chi connectivity index (χ4n) is 4.19. The van der Waals surface area contributed by atoms with Crippen molar-refractivity contribution in [3.63, 3.8) is 0 Å². The van der Waals surface area contributed by atoms with Gasteiger partial charge in [-0.15, -0.1) is 0 Å². The van der Waals surface area contributed by atoms with Gasteiger partial charge >= 0.3 is 0 Å². The average molecular weight is 572 g/mol. The zero-order valence-corrected chi connectivity index (χ0v) is 27.8. The first kappa shape index (κ1) is 33.9.